The quantitative estimate of drug-likeness (QED) is 0.731. The summed E-state index contributed by atoms with van der Waals surface area (Å²) in [6.45, 7) is 1.62. The van der Waals surface area contributed by atoms with Crippen LogP contribution in [0.1, 0.15) is 12.5 Å². The van der Waals surface area contributed by atoms with Gasteiger partial charge in [-0.05, 0) is 31.4 Å². The second kappa shape index (κ2) is 6.38. The van der Waals surface area contributed by atoms with E-state index in [0.717, 1.165) is 6.07 Å². The first kappa shape index (κ1) is 16.0. The van der Waals surface area contributed by atoms with Gasteiger partial charge in [0.25, 0.3) is 0 Å². The Bertz CT molecular complexity index is 422. The first-order chi connectivity index (χ1) is 8.79. The third-order valence-corrected chi connectivity index (χ3v) is 3.94. The summed E-state index contributed by atoms with van der Waals surface area (Å²) in [5.74, 6) is 0. The van der Waals surface area contributed by atoms with Gasteiger partial charge in [0.1, 0.15) is 0 Å². The van der Waals surface area contributed by atoms with Gasteiger partial charge in [0.15, 0.2) is 0 Å². The topological polar surface area (TPSA) is 58.3 Å². The fourth-order valence-electron chi connectivity index (χ4n) is 1.70. The van der Waals surface area contributed by atoms with Crippen LogP contribution in [0.5, 0.6) is 0 Å². The zero-order chi connectivity index (χ0) is 14.6. The number of benzene rings is 1. The monoisotopic (exact) mass is 294 g/mol. The average Bonchev–Trinajstić information content (AvgIpc) is 2.31. The molecule has 0 saturated heterocycles. The molecule has 0 aromatic heterocycles. The Labute approximate surface area is 114 Å². The third-order valence-electron chi connectivity index (χ3n) is 2.77. The standard InChI is InChI=1S/C12H17F3N2OS/c1-7(11(6-18)19-2)17-10-4-3-8(16)5-9(10)12(13,14)15/h3-5,7,11,17-18H,6,16H2,1-2H3. The highest BCUT2D eigenvalue weighted by Crippen LogP contribution is 2.36. The van der Waals surface area contributed by atoms with E-state index in [4.69, 9.17) is 10.8 Å². The van der Waals surface area contributed by atoms with Crippen LogP contribution in [0.4, 0.5) is 24.5 Å². The van der Waals surface area contributed by atoms with Crippen LogP contribution in [0.25, 0.3) is 0 Å². The van der Waals surface area contributed by atoms with Crippen molar-refractivity contribution in [3.8, 4) is 0 Å². The maximum Gasteiger partial charge on any atom is 0.418 e. The Balaban J connectivity index is 3.01. The van der Waals surface area contributed by atoms with E-state index >= 15 is 0 Å². The third kappa shape index (κ3) is 4.21. The number of hydrogen-bond donors (Lipinski definition) is 3. The average molecular weight is 294 g/mol. The number of nitrogens with one attached hydrogen (secondary N) is 1. The van der Waals surface area contributed by atoms with Gasteiger partial charge in [-0.15, -0.1) is 0 Å². The first-order valence-electron chi connectivity index (χ1n) is 5.66. The van der Waals surface area contributed by atoms with Crippen LogP contribution in [0, 0.1) is 0 Å². The zero-order valence-electron chi connectivity index (χ0n) is 10.7. The van der Waals surface area contributed by atoms with E-state index in [1.165, 1.54) is 23.9 Å². The maximum absolute atomic E-state index is 12.9. The van der Waals surface area contributed by atoms with Gasteiger partial charge in [-0.2, -0.15) is 24.9 Å². The van der Waals surface area contributed by atoms with E-state index in [0.29, 0.717) is 0 Å². The van der Waals surface area contributed by atoms with Crippen molar-refractivity contribution in [3.63, 3.8) is 0 Å². The molecule has 1 aromatic carbocycles. The van der Waals surface area contributed by atoms with Crippen molar-refractivity contribution in [2.24, 2.45) is 0 Å². The maximum atomic E-state index is 12.9. The molecule has 2 unspecified atom stereocenters. The summed E-state index contributed by atoms with van der Waals surface area (Å²) in [5.41, 5.74) is 4.64. The van der Waals surface area contributed by atoms with Gasteiger partial charge >= 0.3 is 6.18 Å². The van der Waals surface area contributed by atoms with Gasteiger partial charge in [0.2, 0.25) is 0 Å². The van der Waals surface area contributed by atoms with Crippen molar-refractivity contribution in [1.82, 2.24) is 0 Å². The second-order valence-corrected chi connectivity index (χ2v) is 5.27. The van der Waals surface area contributed by atoms with Crippen LogP contribution in [0.2, 0.25) is 0 Å². The fraction of sp³-hybridized carbons (Fsp3) is 0.500. The lowest BCUT2D eigenvalue weighted by Crippen LogP contribution is -2.31. The lowest BCUT2D eigenvalue weighted by molar-refractivity contribution is -0.136. The highest BCUT2D eigenvalue weighted by Gasteiger charge is 2.34. The van der Waals surface area contributed by atoms with Crippen LogP contribution in [0.3, 0.4) is 0 Å². The molecule has 0 aliphatic carbocycles. The molecular formula is C12H17F3N2OS. The number of nitrogen functional groups attached to an aromatic ring is 1. The zero-order valence-corrected chi connectivity index (χ0v) is 11.5. The van der Waals surface area contributed by atoms with Crippen LogP contribution >= 0.6 is 11.8 Å². The molecule has 2 atom stereocenters. The van der Waals surface area contributed by atoms with E-state index in [2.05, 4.69) is 5.32 Å². The number of aliphatic hydroxyl groups is 1. The summed E-state index contributed by atoms with van der Waals surface area (Å²) >= 11 is 1.40. The lowest BCUT2D eigenvalue weighted by atomic mass is 10.1. The van der Waals surface area contributed by atoms with Crippen LogP contribution in [-0.4, -0.2) is 29.3 Å². The number of hydrogen-bond acceptors (Lipinski definition) is 4. The van der Waals surface area contributed by atoms with Gasteiger partial charge in [0, 0.05) is 22.7 Å². The van der Waals surface area contributed by atoms with Gasteiger partial charge in [-0.3, -0.25) is 0 Å². The molecule has 19 heavy (non-hydrogen) atoms. The summed E-state index contributed by atoms with van der Waals surface area (Å²) in [7, 11) is 0. The van der Waals surface area contributed by atoms with E-state index < -0.39 is 11.7 Å². The number of nitrogens with two attached hydrogens (primary N) is 1. The summed E-state index contributed by atoms with van der Waals surface area (Å²) in [4.78, 5) is 0. The number of rotatable bonds is 5. The highest BCUT2D eigenvalue weighted by atomic mass is 32.2. The summed E-state index contributed by atoms with van der Waals surface area (Å²) in [6.07, 6.45) is -2.67. The fourth-order valence-corrected chi connectivity index (χ4v) is 2.32. The molecule has 0 heterocycles. The minimum Gasteiger partial charge on any atom is -0.399 e. The van der Waals surface area contributed by atoms with Gasteiger partial charge in [0.05, 0.1) is 12.2 Å². The molecule has 1 rings (SSSR count). The normalized spacial score (nSPS) is 15.1. The van der Waals surface area contributed by atoms with Gasteiger partial charge < -0.3 is 16.2 Å². The molecule has 0 amide bonds. The van der Waals surface area contributed by atoms with Crippen molar-refractivity contribution < 1.29 is 18.3 Å². The number of thioether (sulfide) groups is 1. The Morgan fingerprint density at radius 3 is 2.53 bits per heavy atom. The van der Waals surface area contributed by atoms with Crippen LogP contribution in [0.15, 0.2) is 18.2 Å². The number of anilines is 2. The van der Waals surface area contributed by atoms with Gasteiger partial charge in [-0.1, -0.05) is 0 Å². The minimum absolute atomic E-state index is 0.0262. The minimum atomic E-state index is -4.47. The molecule has 0 bridgehead atoms. The van der Waals surface area contributed by atoms with Crippen molar-refractivity contribution >= 4 is 23.1 Å². The molecule has 0 aliphatic heterocycles. The van der Waals surface area contributed by atoms with E-state index in [1.54, 1.807) is 13.2 Å². The van der Waals surface area contributed by atoms with E-state index in [-0.39, 0.29) is 29.3 Å². The first-order valence-corrected chi connectivity index (χ1v) is 6.95. The molecule has 1 aromatic rings. The molecule has 0 spiro atoms. The van der Waals surface area contributed by atoms with Crippen molar-refractivity contribution in [3.05, 3.63) is 23.8 Å². The molecule has 108 valence electrons. The Morgan fingerprint density at radius 1 is 1.42 bits per heavy atom. The lowest BCUT2D eigenvalue weighted by Gasteiger charge is -2.24. The predicted molar refractivity (Wildman–Crippen MR) is 73.3 cm³/mol. The molecule has 4 N–H and O–H groups in total. The number of halogens is 3. The highest BCUT2D eigenvalue weighted by molar-refractivity contribution is 7.99. The number of alkyl halides is 3. The summed E-state index contributed by atoms with van der Waals surface area (Å²) < 4.78 is 38.7. The molecule has 3 nitrogen and oxygen atoms in total. The largest absolute Gasteiger partial charge is 0.418 e. The molecule has 0 saturated carbocycles. The summed E-state index contributed by atoms with van der Waals surface area (Å²) in [5, 5.41) is 11.8. The van der Waals surface area contributed by atoms with Crippen LogP contribution in [-0.2, 0) is 6.18 Å². The SMILES string of the molecule is CSC(CO)C(C)Nc1ccc(N)cc1C(F)(F)F. The summed E-state index contributed by atoms with van der Waals surface area (Å²) in [6, 6.07) is 3.33. The Morgan fingerprint density at radius 2 is 2.05 bits per heavy atom. The predicted octanol–water partition coefficient (Wildman–Crippen LogP) is 2.81. The van der Waals surface area contributed by atoms with E-state index in [9.17, 15) is 13.2 Å². The molecule has 7 heteroatoms. The molecule has 0 aliphatic rings. The van der Waals surface area contributed by atoms with Crippen molar-refractivity contribution in [1.29, 1.82) is 0 Å². The van der Waals surface area contributed by atoms with Gasteiger partial charge in [-0.25, -0.2) is 0 Å². The molecular weight excluding hydrogens is 277 g/mol. The molecule has 0 fully saturated rings. The Hall–Kier alpha value is -1.08. The molecule has 0 radical (unpaired) electrons. The van der Waals surface area contributed by atoms with Crippen LogP contribution < -0.4 is 11.1 Å². The number of aliphatic hydroxyl groups excluding tert-OH is 1. The Kier molecular flexibility index (Phi) is 5.37. The smallest absolute Gasteiger partial charge is 0.399 e. The second-order valence-electron chi connectivity index (χ2n) is 4.19. The van der Waals surface area contributed by atoms with Crippen molar-refractivity contribution in [2.45, 2.75) is 24.4 Å². The van der Waals surface area contributed by atoms with E-state index in [1.807, 2.05) is 0 Å². The van der Waals surface area contributed by atoms with Crippen molar-refractivity contribution in [2.75, 3.05) is 23.9 Å².